The summed E-state index contributed by atoms with van der Waals surface area (Å²) in [5.41, 5.74) is 1.43. The van der Waals surface area contributed by atoms with Gasteiger partial charge in [0.25, 0.3) is 5.91 Å². The van der Waals surface area contributed by atoms with E-state index in [1.807, 2.05) is 29.6 Å². The molecule has 0 radical (unpaired) electrons. The standard InChI is InChI=1S/C16H12ClN3OS/c17-12-4-1-2-5-13(12)20-15-8-7-11(10-18-15)19-16(21)14-6-3-9-22-14/h1-10H,(H,18,20)(H,19,21). The van der Waals surface area contributed by atoms with Crippen LogP contribution in [0, 0.1) is 0 Å². The third-order valence-electron chi connectivity index (χ3n) is 2.90. The predicted molar refractivity (Wildman–Crippen MR) is 91.2 cm³/mol. The highest BCUT2D eigenvalue weighted by Gasteiger charge is 2.07. The van der Waals surface area contributed by atoms with Gasteiger partial charge in [0, 0.05) is 0 Å². The van der Waals surface area contributed by atoms with Crippen molar-refractivity contribution in [3.05, 3.63) is 70.0 Å². The molecule has 22 heavy (non-hydrogen) atoms. The molecule has 2 aromatic heterocycles. The van der Waals surface area contributed by atoms with Crippen LogP contribution in [0.5, 0.6) is 0 Å². The van der Waals surface area contributed by atoms with Gasteiger partial charge >= 0.3 is 0 Å². The largest absolute Gasteiger partial charge is 0.339 e. The molecule has 0 aliphatic carbocycles. The fourth-order valence-electron chi connectivity index (χ4n) is 1.84. The molecule has 6 heteroatoms. The Bertz CT molecular complexity index is 772. The molecule has 1 aromatic carbocycles. The fraction of sp³-hybridized carbons (Fsp3) is 0. The molecule has 0 fully saturated rings. The predicted octanol–water partition coefficient (Wildman–Crippen LogP) is 4.79. The molecule has 2 N–H and O–H groups in total. The van der Waals surface area contributed by atoms with Gasteiger partial charge in [-0.1, -0.05) is 29.8 Å². The van der Waals surface area contributed by atoms with Crippen molar-refractivity contribution in [2.24, 2.45) is 0 Å². The second-order valence-corrected chi connectivity index (χ2v) is 5.82. The highest BCUT2D eigenvalue weighted by molar-refractivity contribution is 7.12. The third-order valence-corrected chi connectivity index (χ3v) is 4.10. The first-order chi connectivity index (χ1) is 10.7. The molecule has 0 saturated heterocycles. The summed E-state index contributed by atoms with van der Waals surface area (Å²) < 4.78 is 0. The van der Waals surface area contributed by atoms with Crippen molar-refractivity contribution in [3.8, 4) is 0 Å². The van der Waals surface area contributed by atoms with Crippen LogP contribution in [0.2, 0.25) is 5.02 Å². The fourth-order valence-corrected chi connectivity index (χ4v) is 2.64. The number of anilines is 3. The first-order valence-corrected chi connectivity index (χ1v) is 7.80. The first kappa shape index (κ1) is 14.6. The summed E-state index contributed by atoms with van der Waals surface area (Å²) >= 11 is 7.48. The van der Waals surface area contributed by atoms with E-state index in [0.717, 1.165) is 5.69 Å². The summed E-state index contributed by atoms with van der Waals surface area (Å²) in [6.07, 6.45) is 1.60. The van der Waals surface area contributed by atoms with Gasteiger partial charge in [0.05, 0.1) is 27.5 Å². The third kappa shape index (κ3) is 3.44. The van der Waals surface area contributed by atoms with E-state index in [-0.39, 0.29) is 5.91 Å². The maximum Gasteiger partial charge on any atom is 0.265 e. The van der Waals surface area contributed by atoms with Gasteiger partial charge in [-0.15, -0.1) is 11.3 Å². The minimum absolute atomic E-state index is 0.136. The summed E-state index contributed by atoms with van der Waals surface area (Å²) in [5, 5.41) is 8.42. The van der Waals surface area contributed by atoms with Gasteiger partial charge in [0.2, 0.25) is 0 Å². The lowest BCUT2D eigenvalue weighted by Gasteiger charge is -2.08. The molecule has 110 valence electrons. The second kappa shape index (κ2) is 6.60. The second-order valence-electron chi connectivity index (χ2n) is 4.47. The number of carbonyl (C=O) groups excluding carboxylic acids is 1. The minimum Gasteiger partial charge on any atom is -0.339 e. The topological polar surface area (TPSA) is 54.0 Å². The molecule has 0 aliphatic rings. The average Bonchev–Trinajstić information content (AvgIpc) is 3.06. The normalized spacial score (nSPS) is 10.2. The molecular weight excluding hydrogens is 318 g/mol. The average molecular weight is 330 g/mol. The highest BCUT2D eigenvalue weighted by Crippen LogP contribution is 2.24. The molecule has 3 aromatic rings. The van der Waals surface area contributed by atoms with E-state index in [1.165, 1.54) is 11.3 Å². The van der Waals surface area contributed by atoms with Crippen molar-refractivity contribution in [2.75, 3.05) is 10.6 Å². The SMILES string of the molecule is O=C(Nc1ccc(Nc2ccccc2Cl)nc1)c1cccs1. The van der Waals surface area contributed by atoms with E-state index in [4.69, 9.17) is 11.6 Å². The van der Waals surface area contributed by atoms with Crippen LogP contribution < -0.4 is 10.6 Å². The van der Waals surface area contributed by atoms with Crippen LogP contribution >= 0.6 is 22.9 Å². The summed E-state index contributed by atoms with van der Waals surface area (Å²) in [4.78, 5) is 16.9. The lowest BCUT2D eigenvalue weighted by molar-refractivity contribution is 0.103. The molecule has 0 aliphatic heterocycles. The molecule has 3 rings (SSSR count). The number of carbonyl (C=O) groups is 1. The lowest BCUT2D eigenvalue weighted by Crippen LogP contribution is -2.10. The number of amides is 1. The monoisotopic (exact) mass is 329 g/mol. The van der Waals surface area contributed by atoms with E-state index < -0.39 is 0 Å². The van der Waals surface area contributed by atoms with Gasteiger partial charge in [-0.05, 0) is 35.7 Å². The smallest absolute Gasteiger partial charge is 0.265 e. The van der Waals surface area contributed by atoms with Crippen LogP contribution in [-0.4, -0.2) is 10.9 Å². The van der Waals surface area contributed by atoms with Crippen LogP contribution in [0.1, 0.15) is 9.67 Å². The molecule has 4 nitrogen and oxygen atoms in total. The van der Waals surface area contributed by atoms with Crippen molar-refractivity contribution in [2.45, 2.75) is 0 Å². The number of hydrogen-bond donors (Lipinski definition) is 2. The highest BCUT2D eigenvalue weighted by atomic mass is 35.5. The Morgan fingerprint density at radius 2 is 1.95 bits per heavy atom. The maximum atomic E-state index is 11.9. The maximum absolute atomic E-state index is 11.9. The summed E-state index contributed by atoms with van der Waals surface area (Å²) in [7, 11) is 0. The van der Waals surface area contributed by atoms with E-state index >= 15 is 0 Å². The van der Waals surface area contributed by atoms with Crippen LogP contribution in [0.15, 0.2) is 60.1 Å². The summed E-state index contributed by atoms with van der Waals surface area (Å²) in [6, 6.07) is 14.6. The van der Waals surface area contributed by atoms with Gasteiger partial charge in [-0.3, -0.25) is 4.79 Å². The number of pyridine rings is 1. The Morgan fingerprint density at radius 3 is 2.64 bits per heavy atom. The van der Waals surface area contributed by atoms with Crippen molar-refractivity contribution in [1.82, 2.24) is 4.98 Å². The van der Waals surface area contributed by atoms with Gasteiger partial charge < -0.3 is 10.6 Å². The summed E-state index contributed by atoms with van der Waals surface area (Å²) in [6.45, 7) is 0. The van der Waals surface area contributed by atoms with Crippen LogP contribution in [0.25, 0.3) is 0 Å². The zero-order chi connectivity index (χ0) is 15.4. The van der Waals surface area contributed by atoms with E-state index in [2.05, 4.69) is 15.6 Å². The number of para-hydroxylation sites is 1. The zero-order valence-corrected chi connectivity index (χ0v) is 13.0. The Kier molecular flexibility index (Phi) is 4.37. The van der Waals surface area contributed by atoms with Gasteiger partial charge in [0.15, 0.2) is 0 Å². The number of nitrogens with one attached hydrogen (secondary N) is 2. The molecule has 0 bridgehead atoms. The molecular formula is C16H12ClN3OS. The molecule has 1 amide bonds. The van der Waals surface area contributed by atoms with Crippen LogP contribution in [0.3, 0.4) is 0 Å². The number of rotatable bonds is 4. The minimum atomic E-state index is -0.136. The van der Waals surface area contributed by atoms with Crippen molar-refractivity contribution in [3.63, 3.8) is 0 Å². The van der Waals surface area contributed by atoms with Crippen molar-refractivity contribution in [1.29, 1.82) is 0 Å². The Balaban J connectivity index is 1.68. The zero-order valence-electron chi connectivity index (χ0n) is 11.4. The number of aromatic nitrogens is 1. The van der Waals surface area contributed by atoms with Crippen LogP contribution in [0.4, 0.5) is 17.2 Å². The number of halogens is 1. The van der Waals surface area contributed by atoms with Gasteiger partial charge in [0.1, 0.15) is 5.82 Å². The molecule has 0 saturated carbocycles. The molecule has 0 atom stereocenters. The molecule has 0 spiro atoms. The molecule has 2 heterocycles. The quantitative estimate of drug-likeness (QED) is 0.723. The lowest BCUT2D eigenvalue weighted by atomic mass is 10.3. The van der Waals surface area contributed by atoms with Gasteiger partial charge in [-0.2, -0.15) is 0 Å². The first-order valence-electron chi connectivity index (χ1n) is 6.55. The van der Waals surface area contributed by atoms with E-state index in [1.54, 1.807) is 30.5 Å². The Morgan fingerprint density at radius 1 is 1.09 bits per heavy atom. The van der Waals surface area contributed by atoms with E-state index in [9.17, 15) is 4.79 Å². The van der Waals surface area contributed by atoms with Crippen LogP contribution in [-0.2, 0) is 0 Å². The van der Waals surface area contributed by atoms with Crippen molar-refractivity contribution >= 4 is 46.0 Å². The molecule has 0 unspecified atom stereocenters. The van der Waals surface area contributed by atoms with E-state index in [0.29, 0.717) is 21.4 Å². The number of nitrogens with zero attached hydrogens (tertiary/aromatic N) is 1. The van der Waals surface area contributed by atoms with Gasteiger partial charge in [-0.25, -0.2) is 4.98 Å². The Labute approximate surface area is 136 Å². The summed E-state index contributed by atoms with van der Waals surface area (Å²) in [5.74, 6) is 0.519. The number of thiophene rings is 1. The Hall–Kier alpha value is -2.37. The number of hydrogen-bond acceptors (Lipinski definition) is 4. The van der Waals surface area contributed by atoms with Crippen molar-refractivity contribution < 1.29 is 4.79 Å². The number of benzene rings is 1.